The molecular formula is C13H17N3O. The largest absolute Gasteiger partial charge is 0.464 e. The van der Waals surface area contributed by atoms with Crippen LogP contribution >= 0.6 is 0 Å². The normalized spacial score (nSPS) is 18.7. The molecule has 0 radical (unpaired) electrons. The second-order valence-electron chi connectivity index (χ2n) is 4.11. The molecule has 4 heteroatoms. The molecule has 0 spiro atoms. The van der Waals surface area contributed by atoms with Crippen LogP contribution in [-0.2, 0) is 0 Å². The molecule has 0 N–H and O–H groups in total. The number of nitrogens with zero attached hydrogens (tertiary/aromatic N) is 3. The molecule has 1 unspecified atom stereocenters. The van der Waals surface area contributed by atoms with Crippen LogP contribution in [0.1, 0.15) is 26.7 Å². The first-order valence-corrected chi connectivity index (χ1v) is 5.92. The molecule has 1 aromatic heterocycles. The summed E-state index contributed by atoms with van der Waals surface area (Å²) in [7, 11) is 0. The first-order valence-electron chi connectivity index (χ1n) is 5.92. The van der Waals surface area contributed by atoms with Gasteiger partial charge in [-0.1, -0.05) is 5.92 Å². The van der Waals surface area contributed by atoms with Crippen molar-refractivity contribution in [1.82, 2.24) is 9.97 Å². The smallest absolute Gasteiger partial charge is 0.219 e. The third kappa shape index (κ3) is 2.88. The van der Waals surface area contributed by atoms with E-state index in [1.54, 1.807) is 13.3 Å². The summed E-state index contributed by atoms with van der Waals surface area (Å²) in [5.74, 6) is 7.18. The highest BCUT2D eigenvalue weighted by Gasteiger charge is 2.21. The monoisotopic (exact) mass is 231 g/mol. The highest BCUT2D eigenvalue weighted by atomic mass is 16.5. The number of hydrogen-bond donors (Lipinski definition) is 0. The Labute approximate surface area is 102 Å². The zero-order chi connectivity index (χ0) is 12.1. The summed E-state index contributed by atoms with van der Waals surface area (Å²) in [6.07, 6.45) is 4.00. The summed E-state index contributed by atoms with van der Waals surface area (Å²) in [4.78, 5) is 10.7. The Hall–Kier alpha value is -1.76. The van der Waals surface area contributed by atoms with Gasteiger partial charge in [0.25, 0.3) is 0 Å². The second kappa shape index (κ2) is 5.53. The molecule has 0 bridgehead atoms. The lowest BCUT2D eigenvalue weighted by Crippen LogP contribution is -2.27. The van der Waals surface area contributed by atoms with Crippen molar-refractivity contribution in [3.05, 3.63) is 12.4 Å². The summed E-state index contributed by atoms with van der Waals surface area (Å²) in [6, 6.07) is 2.44. The van der Waals surface area contributed by atoms with Crippen molar-refractivity contribution in [3.63, 3.8) is 0 Å². The minimum atomic E-state index is 0.377. The maximum atomic E-state index is 5.43. The molecule has 0 aliphatic carbocycles. The average Bonchev–Trinajstić information content (AvgIpc) is 2.76. The van der Waals surface area contributed by atoms with Crippen molar-refractivity contribution < 1.29 is 4.74 Å². The predicted molar refractivity (Wildman–Crippen MR) is 67.0 cm³/mol. The highest BCUT2D eigenvalue weighted by Crippen LogP contribution is 2.24. The van der Waals surface area contributed by atoms with Gasteiger partial charge in [0.15, 0.2) is 6.61 Å². The van der Waals surface area contributed by atoms with E-state index in [2.05, 4.69) is 33.6 Å². The minimum absolute atomic E-state index is 0.377. The lowest BCUT2D eigenvalue weighted by molar-refractivity contribution is 0.354. The van der Waals surface area contributed by atoms with Crippen LogP contribution in [0.4, 0.5) is 5.82 Å². The lowest BCUT2D eigenvalue weighted by Gasteiger charge is -2.22. The zero-order valence-electron chi connectivity index (χ0n) is 10.3. The number of anilines is 1. The molecule has 1 saturated heterocycles. The van der Waals surface area contributed by atoms with Gasteiger partial charge in [0.2, 0.25) is 5.88 Å². The van der Waals surface area contributed by atoms with Crippen LogP contribution in [0, 0.1) is 11.8 Å². The molecule has 2 rings (SSSR count). The molecule has 1 fully saturated rings. The van der Waals surface area contributed by atoms with Gasteiger partial charge in [-0.15, -0.1) is 5.92 Å². The topological polar surface area (TPSA) is 38.2 Å². The average molecular weight is 231 g/mol. The fourth-order valence-electron chi connectivity index (χ4n) is 2.02. The van der Waals surface area contributed by atoms with E-state index in [1.165, 1.54) is 12.8 Å². The van der Waals surface area contributed by atoms with Gasteiger partial charge < -0.3 is 9.64 Å². The first kappa shape index (κ1) is 11.7. The molecule has 1 aliphatic heterocycles. The third-order valence-corrected chi connectivity index (χ3v) is 2.94. The Morgan fingerprint density at radius 3 is 3.12 bits per heavy atom. The number of aromatic nitrogens is 2. The standard InChI is InChI=1S/C13H17N3O/c1-3-4-8-17-13-9-12(14-10-15-13)16-7-5-6-11(16)2/h9-11H,5-8H2,1-2H3. The van der Waals surface area contributed by atoms with Gasteiger partial charge in [-0.25, -0.2) is 9.97 Å². The number of hydrogen-bond acceptors (Lipinski definition) is 4. The molecule has 0 aromatic carbocycles. The maximum absolute atomic E-state index is 5.43. The lowest BCUT2D eigenvalue weighted by atomic mass is 10.2. The van der Waals surface area contributed by atoms with Gasteiger partial charge in [0.1, 0.15) is 12.1 Å². The zero-order valence-corrected chi connectivity index (χ0v) is 10.3. The van der Waals surface area contributed by atoms with Gasteiger partial charge in [-0.3, -0.25) is 0 Å². The van der Waals surface area contributed by atoms with Gasteiger partial charge >= 0.3 is 0 Å². The molecule has 0 amide bonds. The van der Waals surface area contributed by atoms with Crippen molar-refractivity contribution >= 4 is 5.82 Å². The third-order valence-electron chi connectivity index (χ3n) is 2.94. The molecule has 1 aliphatic rings. The van der Waals surface area contributed by atoms with Crippen LogP contribution in [-0.4, -0.2) is 29.2 Å². The van der Waals surface area contributed by atoms with E-state index < -0.39 is 0 Å². The summed E-state index contributed by atoms with van der Waals surface area (Å²) >= 11 is 0. The van der Waals surface area contributed by atoms with E-state index in [0.717, 1.165) is 12.4 Å². The first-order chi connectivity index (χ1) is 8.31. The van der Waals surface area contributed by atoms with E-state index in [0.29, 0.717) is 18.5 Å². The predicted octanol–water partition coefficient (Wildman–Crippen LogP) is 1.87. The summed E-state index contributed by atoms with van der Waals surface area (Å²) in [5.41, 5.74) is 0. The molecule has 2 heterocycles. The van der Waals surface area contributed by atoms with Crippen LogP contribution < -0.4 is 9.64 Å². The van der Waals surface area contributed by atoms with Crippen LogP contribution in [0.2, 0.25) is 0 Å². The van der Waals surface area contributed by atoms with E-state index in [-0.39, 0.29) is 0 Å². The number of ether oxygens (including phenoxy) is 1. The fourth-order valence-corrected chi connectivity index (χ4v) is 2.02. The Balaban J connectivity index is 2.07. The van der Waals surface area contributed by atoms with Crippen LogP contribution in [0.15, 0.2) is 12.4 Å². The highest BCUT2D eigenvalue weighted by molar-refractivity contribution is 5.42. The van der Waals surface area contributed by atoms with Crippen LogP contribution in [0.3, 0.4) is 0 Å². The van der Waals surface area contributed by atoms with Crippen molar-refractivity contribution in [2.45, 2.75) is 32.7 Å². The van der Waals surface area contributed by atoms with Crippen molar-refractivity contribution in [2.24, 2.45) is 0 Å². The van der Waals surface area contributed by atoms with E-state index >= 15 is 0 Å². The summed E-state index contributed by atoms with van der Waals surface area (Å²) in [6.45, 7) is 5.45. The molecular weight excluding hydrogens is 214 g/mol. The molecule has 0 saturated carbocycles. The fraction of sp³-hybridized carbons (Fsp3) is 0.538. The van der Waals surface area contributed by atoms with Gasteiger partial charge in [-0.05, 0) is 26.7 Å². The van der Waals surface area contributed by atoms with Crippen LogP contribution in [0.5, 0.6) is 5.88 Å². The van der Waals surface area contributed by atoms with Crippen molar-refractivity contribution in [2.75, 3.05) is 18.1 Å². The SMILES string of the molecule is CC#CCOc1cc(N2CCCC2C)ncn1. The number of rotatable bonds is 3. The van der Waals surface area contributed by atoms with Crippen molar-refractivity contribution in [1.29, 1.82) is 0 Å². The van der Waals surface area contributed by atoms with E-state index in [4.69, 9.17) is 4.74 Å². The maximum Gasteiger partial charge on any atom is 0.219 e. The van der Waals surface area contributed by atoms with Crippen molar-refractivity contribution in [3.8, 4) is 17.7 Å². The molecule has 90 valence electrons. The summed E-state index contributed by atoms with van der Waals surface area (Å²) in [5, 5.41) is 0. The Bertz CT molecular complexity index is 436. The van der Waals surface area contributed by atoms with E-state index in [1.807, 2.05) is 6.07 Å². The second-order valence-corrected chi connectivity index (χ2v) is 4.11. The molecule has 1 aromatic rings. The van der Waals surface area contributed by atoms with Crippen LogP contribution in [0.25, 0.3) is 0 Å². The van der Waals surface area contributed by atoms with Gasteiger partial charge in [-0.2, -0.15) is 0 Å². The quantitative estimate of drug-likeness (QED) is 0.744. The minimum Gasteiger partial charge on any atom is -0.464 e. The van der Waals surface area contributed by atoms with E-state index in [9.17, 15) is 0 Å². The Morgan fingerprint density at radius 2 is 2.41 bits per heavy atom. The Kier molecular flexibility index (Phi) is 3.81. The summed E-state index contributed by atoms with van der Waals surface area (Å²) < 4.78 is 5.43. The van der Waals surface area contributed by atoms with Gasteiger partial charge in [0.05, 0.1) is 0 Å². The van der Waals surface area contributed by atoms with Gasteiger partial charge in [0, 0.05) is 18.7 Å². The molecule has 1 atom stereocenters. The molecule has 17 heavy (non-hydrogen) atoms. The molecule has 4 nitrogen and oxygen atoms in total. The Morgan fingerprint density at radius 1 is 1.53 bits per heavy atom.